The van der Waals surface area contributed by atoms with E-state index in [9.17, 15) is 4.79 Å². The number of benzene rings is 1. The fraction of sp³-hybridized carbons (Fsp3) is 0.214. The Hall–Kier alpha value is -2.47. The molecule has 0 saturated carbocycles. The summed E-state index contributed by atoms with van der Waals surface area (Å²) in [6.07, 6.45) is 2.35. The molecule has 20 heavy (non-hydrogen) atoms. The summed E-state index contributed by atoms with van der Waals surface area (Å²) in [5.74, 6) is 1.23. The van der Waals surface area contributed by atoms with Gasteiger partial charge in [0.1, 0.15) is 11.6 Å². The summed E-state index contributed by atoms with van der Waals surface area (Å²) < 4.78 is 5.33. The average molecular weight is 270 g/mol. The molecule has 0 radical (unpaired) electrons. The van der Waals surface area contributed by atoms with Crippen LogP contribution in [0.4, 0.5) is 5.69 Å². The van der Waals surface area contributed by atoms with Crippen LogP contribution < -0.4 is 15.8 Å². The van der Waals surface area contributed by atoms with Crippen molar-refractivity contribution in [1.82, 2.24) is 9.97 Å². The number of aromatic nitrogens is 2. The Morgan fingerprint density at radius 3 is 3.10 bits per heavy atom. The number of amides is 1. The zero-order valence-corrected chi connectivity index (χ0v) is 10.8. The lowest BCUT2D eigenvalue weighted by Gasteiger charge is -2.18. The third-order valence-electron chi connectivity index (χ3n) is 2.98. The summed E-state index contributed by atoms with van der Waals surface area (Å²) in [4.78, 5) is 20.0. The van der Waals surface area contributed by atoms with Crippen LogP contribution in [0.15, 0.2) is 30.5 Å². The van der Waals surface area contributed by atoms with E-state index in [1.807, 2.05) is 24.3 Å². The number of fused-ring (bicyclic) bond motifs is 1. The Bertz CT molecular complexity index is 657. The van der Waals surface area contributed by atoms with Gasteiger partial charge in [-0.15, -0.1) is 0 Å². The predicted molar refractivity (Wildman–Crippen MR) is 74.4 cm³/mol. The first-order valence-corrected chi connectivity index (χ1v) is 6.35. The van der Waals surface area contributed by atoms with E-state index in [1.54, 1.807) is 6.20 Å². The van der Waals surface area contributed by atoms with Crippen LogP contribution in [-0.2, 0) is 11.2 Å². The normalized spacial score (nSPS) is 13.3. The third-order valence-corrected chi connectivity index (χ3v) is 2.98. The monoisotopic (exact) mass is 270 g/mol. The number of hydrogen-bond acceptors (Lipinski definition) is 5. The number of carbonyl (C=O) groups is 1. The Kier molecular flexibility index (Phi) is 3.30. The lowest BCUT2D eigenvalue weighted by molar-refractivity contribution is -0.118. The quantitative estimate of drug-likeness (QED) is 0.867. The van der Waals surface area contributed by atoms with Gasteiger partial charge in [0.2, 0.25) is 0 Å². The minimum absolute atomic E-state index is 0.0561. The second kappa shape index (κ2) is 5.26. The maximum atomic E-state index is 11.3. The van der Waals surface area contributed by atoms with Crippen molar-refractivity contribution in [3.05, 3.63) is 36.3 Å². The zero-order valence-electron chi connectivity index (χ0n) is 10.8. The van der Waals surface area contributed by atoms with Crippen LogP contribution in [0, 0.1) is 0 Å². The first-order valence-electron chi connectivity index (χ1n) is 6.35. The SMILES string of the molecule is NCCc1nccc(-c2ccc3c(c2)NC(=O)CO3)n1. The standard InChI is InChI=1S/C14H14N4O2/c15-5-3-13-16-6-4-10(17-13)9-1-2-12-11(7-9)18-14(19)8-20-12/h1-2,4,6-7H,3,5,8,15H2,(H,18,19). The fourth-order valence-electron chi connectivity index (χ4n) is 2.05. The van der Waals surface area contributed by atoms with Crippen LogP contribution in [0.3, 0.4) is 0 Å². The average Bonchev–Trinajstić information content (AvgIpc) is 2.47. The van der Waals surface area contributed by atoms with Crippen molar-refractivity contribution in [2.75, 3.05) is 18.5 Å². The van der Waals surface area contributed by atoms with E-state index in [2.05, 4.69) is 15.3 Å². The molecule has 2 aromatic rings. The number of ether oxygens (including phenoxy) is 1. The minimum Gasteiger partial charge on any atom is -0.482 e. The van der Waals surface area contributed by atoms with Gasteiger partial charge in [-0.3, -0.25) is 4.79 Å². The molecular weight excluding hydrogens is 256 g/mol. The van der Waals surface area contributed by atoms with E-state index in [-0.39, 0.29) is 12.5 Å². The van der Waals surface area contributed by atoms with E-state index in [4.69, 9.17) is 10.5 Å². The molecule has 0 atom stereocenters. The fourth-order valence-corrected chi connectivity index (χ4v) is 2.05. The molecule has 0 bridgehead atoms. The molecule has 1 aromatic carbocycles. The largest absolute Gasteiger partial charge is 0.482 e. The molecule has 3 rings (SSSR count). The number of hydrogen-bond donors (Lipinski definition) is 2. The first-order chi connectivity index (χ1) is 9.76. The summed E-state index contributed by atoms with van der Waals surface area (Å²) >= 11 is 0. The smallest absolute Gasteiger partial charge is 0.262 e. The van der Waals surface area contributed by atoms with Gasteiger partial charge >= 0.3 is 0 Å². The third kappa shape index (κ3) is 2.46. The minimum atomic E-state index is -0.152. The highest BCUT2D eigenvalue weighted by Crippen LogP contribution is 2.31. The van der Waals surface area contributed by atoms with Crippen molar-refractivity contribution in [1.29, 1.82) is 0 Å². The summed E-state index contributed by atoms with van der Waals surface area (Å²) in [6.45, 7) is 0.568. The summed E-state index contributed by atoms with van der Waals surface area (Å²) in [5.41, 5.74) is 7.87. The van der Waals surface area contributed by atoms with E-state index < -0.39 is 0 Å². The second-order valence-electron chi connectivity index (χ2n) is 4.44. The van der Waals surface area contributed by atoms with Gasteiger partial charge in [0, 0.05) is 18.2 Å². The predicted octanol–water partition coefficient (Wildman–Crippen LogP) is 0.976. The highest BCUT2D eigenvalue weighted by Gasteiger charge is 2.16. The van der Waals surface area contributed by atoms with E-state index >= 15 is 0 Å². The van der Waals surface area contributed by atoms with Crippen LogP contribution >= 0.6 is 0 Å². The maximum absolute atomic E-state index is 11.3. The molecule has 0 unspecified atom stereocenters. The molecule has 0 spiro atoms. The van der Waals surface area contributed by atoms with Crippen molar-refractivity contribution < 1.29 is 9.53 Å². The van der Waals surface area contributed by atoms with Crippen LogP contribution in [-0.4, -0.2) is 29.0 Å². The van der Waals surface area contributed by atoms with Gasteiger partial charge in [-0.2, -0.15) is 0 Å². The summed E-state index contributed by atoms with van der Waals surface area (Å²) in [7, 11) is 0. The number of anilines is 1. The number of rotatable bonds is 3. The van der Waals surface area contributed by atoms with E-state index in [0.29, 0.717) is 30.2 Å². The van der Waals surface area contributed by atoms with Crippen LogP contribution in [0.5, 0.6) is 5.75 Å². The molecule has 1 aliphatic heterocycles. The molecule has 6 heteroatoms. The topological polar surface area (TPSA) is 90.1 Å². The molecule has 1 aromatic heterocycles. The van der Waals surface area contributed by atoms with Crippen molar-refractivity contribution in [2.45, 2.75) is 6.42 Å². The Balaban J connectivity index is 1.96. The van der Waals surface area contributed by atoms with Gasteiger partial charge in [0.05, 0.1) is 11.4 Å². The van der Waals surface area contributed by atoms with Gasteiger partial charge in [-0.1, -0.05) is 0 Å². The van der Waals surface area contributed by atoms with Gasteiger partial charge in [0.15, 0.2) is 6.61 Å². The molecule has 102 valence electrons. The molecule has 6 nitrogen and oxygen atoms in total. The van der Waals surface area contributed by atoms with Crippen LogP contribution in [0.2, 0.25) is 0 Å². The lowest BCUT2D eigenvalue weighted by atomic mass is 10.1. The van der Waals surface area contributed by atoms with Gasteiger partial charge in [-0.05, 0) is 30.8 Å². The Morgan fingerprint density at radius 1 is 1.35 bits per heavy atom. The van der Waals surface area contributed by atoms with Crippen molar-refractivity contribution in [3.8, 4) is 17.0 Å². The lowest BCUT2D eigenvalue weighted by Crippen LogP contribution is -2.25. The molecule has 0 saturated heterocycles. The molecule has 0 aliphatic carbocycles. The van der Waals surface area contributed by atoms with E-state index in [1.165, 1.54) is 0 Å². The highest BCUT2D eigenvalue weighted by molar-refractivity contribution is 5.96. The van der Waals surface area contributed by atoms with Crippen molar-refractivity contribution in [3.63, 3.8) is 0 Å². The van der Waals surface area contributed by atoms with Crippen LogP contribution in [0.25, 0.3) is 11.3 Å². The molecule has 1 aliphatic rings. The molecule has 1 amide bonds. The van der Waals surface area contributed by atoms with Crippen molar-refractivity contribution >= 4 is 11.6 Å². The number of nitrogens with two attached hydrogens (primary N) is 1. The first kappa shape index (κ1) is 12.6. The second-order valence-corrected chi connectivity index (χ2v) is 4.44. The maximum Gasteiger partial charge on any atom is 0.262 e. The number of nitrogens with zero attached hydrogens (tertiary/aromatic N) is 2. The highest BCUT2D eigenvalue weighted by atomic mass is 16.5. The number of carbonyl (C=O) groups excluding carboxylic acids is 1. The van der Waals surface area contributed by atoms with Gasteiger partial charge < -0.3 is 15.8 Å². The van der Waals surface area contributed by atoms with Gasteiger partial charge in [-0.25, -0.2) is 9.97 Å². The molecular formula is C14H14N4O2. The van der Waals surface area contributed by atoms with E-state index in [0.717, 1.165) is 11.3 Å². The molecule has 2 heterocycles. The summed E-state index contributed by atoms with van der Waals surface area (Å²) in [5, 5.41) is 2.78. The zero-order chi connectivity index (χ0) is 13.9. The van der Waals surface area contributed by atoms with Crippen molar-refractivity contribution in [2.24, 2.45) is 5.73 Å². The molecule has 3 N–H and O–H groups in total. The summed E-state index contributed by atoms with van der Waals surface area (Å²) in [6, 6.07) is 7.41. The molecule has 0 fully saturated rings. The van der Waals surface area contributed by atoms with Gasteiger partial charge in [0.25, 0.3) is 5.91 Å². The number of nitrogens with one attached hydrogen (secondary N) is 1. The van der Waals surface area contributed by atoms with Crippen LogP contribution in [0.1, 0.15) is 5.82 Å². The Morgan fingerprint density at radius 2 is 2.25 bits per heavy atom. The Labute approximate surface area is 116 Å².